The quantitative estimate of drug-likeness (QED) is 0.560. The summed E-state index contributed by atoms with van der Waals surface area (Å²) in [5.74, 6) is 3.20. The lowest BCUT2D eigenvalue weighted by Crippen LogP contribution is -2.46. The van der Waals surface area contributed by atoms with Gasteiger partial charge in [0.05, 0.1) is 11.7 Å². The number of carbonyl (C=O) groups excluding carboxylic acids is 1. The lowest BCUT2D eigenvalue weighted by atomic mass is 9.48. The molecule has 4 saturated carbocycles. The summed E-state index contributed by atoms with van der Waals surface area (Å²) < 4.78 is 5.93. The van der Waals surface area contributed by atoms with Crippen LogP contribution in [-0.4, -0.2) is 23.7 Å². The molecule has 32 heavy (non-hydrogen) atoms. The minimum atomic E-state index is -0.497. The molecule has 170 valence electrons. The van der Waals surface area contributed by atoms with Crippen molar-refractivity contribution in [2.24, 2.45) is 23.2 Å². The molecular formula is C28H35NO3. The number of amides is 1. The molecule has 0 spiro atoms. The van der Waals surface area contributed by atoms with Gasteiger partial charge >= 0.3 is 0 Å². The third kappa shape index (κ3) is 4.85. The molecule has 4 fully saturated rings. The van der Waals surface area contributed by atoms with Gasteiger partial charge in [-0.05, 0) is 92.2 Å². The summed E-state index contributed by atoms with van der Waals surface area (Å²) in [5, 5.41) is 13.6. The zero-order valence-corrected chi connectivity index (χ0v) is 18.8. The van der Waals surface area contributed by atoms with Gasteiger partial charge in [-0.15, -0.1) is 0 Å². The number of hydrogen-bond acceptors (Lipinski definition) is 3. The van der Waals surface area contributed by atoms with E-state index in [1.165, 1.54) is 38.5 Å². The van der Waals surface area contributed by atoms with Crippen LogP contribution in [0.4, 0.5) is 0 Å². The first-order valence-electron chi connectivity index (χ1n) is 12.3. The van der Waals surface area contributed by atoms with Crippen molar-refractivity contribution in [3.63, 3.8) is 0 Å². The van der Waals surface area contributed by atoms with E-state index in [0.29, 0.717) is 23.3 Å². The zero-order chi connectivity index (χ0) is 22.0. The first-order chi connectivity index (χ1) is 15.6. The summed E-state index contributed by atoms with van der Waals surface area (Å²) in [4.78, 5) is 12.7. The van der Waals surface area contributed by atoms with E-state index in [-0.39, 0.29) is 12.5 Å². The van der Waals surface area contributed by atoms with Crippen LogP contribution in [0.2, 0.25) is 0 Å². The van der Waals surface area contributed by atoms with Crippen LogP contribution in [0.15, 0.2) is 54.6 Å². The average Bonchev–Trinajstić information content (AvgIpc) is 2.80. The number of rotatable bonds is 9. The number of aliphatic hydroxyl groups excluding tert-OH is 1. The molecular weight excluding hydrogens is 398 g/mol. The van der Waals surface area contributed by atoms with Gasteiger partial charge in [-0.25, -0.2) is 0 Å². The Balaban J connectivity index is 1.13. The van der Waals surface area contributed by atoms with Crippen LogP contribution < -0.4 is 10.1 Å². The molecule has 6 rings (SSSR count). The molecule has 1 unspecified atom stereocenters. The molecule has 0 radical (unpaired) electrons. The second-order valence-corrected chi connectivity index (χ2v) is 10.6. The molecule has 4 bridgehead atoms. The molecule has 0 saturated heterocycles. The third-order valence-corrected chi connectivity index (χ3v) is 8.03. The molecule has 1 atom stereocenters. The molecule has 2 aromatic rings. The maximum atomic E-state index is 12.7. The van der Waals surface area contributed by atoms with Crippen molar-refractivity contribution in [2.45, 2.75) is 64.0 Å². The van der Waals surface area contributed by atoms with Crippen LogP contribution in [0.1, 0.15) is 67.3 Å². The molecule has 1 amide bonds. The fourth-order valence-corrected chi connectivity index (χ4v) is 6.99. The lowest BCUT2D eigenvalue weighted by Gasteiger charge is -2.57. The lowest BCUT2D eigenvalue weighted by molar-refractivity contribution is -0.0642. The monoisotopic (exact) mass is 433 g/mol. The molecule has 4 heteroatoms. The van der Waals surface area contributed by atoms with E-state index in [2.05, 4.69) is 5.32 Å². The summed E-state index contributed by atoms with van der Waals surface area (Å²) in [6.07, 6.45) is 9.87. The standard InChI is InChI=1S/C28H35NO3/c30-24(10-11-28-15-21-12-22(16-28)14-23(13-21)17-28)19-32-26-9-5-4-8-25(26)27(31)29-18-20-6-2-1-3-7-20/h1-9,21-24,30H,10-19H2,(H,29,31). The second-order valence-electron chi connectivity index (χ2n) is 10.6. The summed E-state index contributed by atoms with van der Waals surface area (Å²) in [7, 11) is 0. The fourth-order valence-electron chi connectivity index (χ4n) is 6.99. The highest BCUT2D eigenvalue weighted by Crippen LogP contribution is 2.61. The van der Waals surface area contributed by atoms with Crippen LogP contribution in [0, 0.1) is 23.2 Å². The first-order valence-corrected chi connectivity index (χ1v) is 12.3. The normalized spacial score (nSPS) is 29.0. The van der Waals surface area contributed by atoms with E-state index < -0.39 is 6.10 Å². The van der Waals surface area contributed by atoms with Gasteiger partial charge < -0.3 is 15.2 Å². The van der Waals surface area contributed by atoms with E-state index in [9.17, 15) is 9.90 Å². The van der Waals surface area contributed by atoms with Crippen molar-refractivity contribution in [1.82, 2.24) is 5.32 Å². The van der Waals surface area contributed by atoms with Crippen molar-refractivity contribution < 1.29 is 14.6 Å². The molecule has 4 nitrogen and oxygen atoms in total. The first kappa shape index (κ1) is 21.5. The van der Waals surface area contributed by atoms with Crippen molar-refractivity contribution in [2.75, 3.05) is 6.61 Å². The fraction of sp³-hybridized carbons (Fsp3) is 0.536. The summed E-state index contributed by atoms with van der Waals surface area (Å²) in [5.41, 5.74) is 2.04. The van der Waals surface area contributed by atoms with Crippen LogP contribution in [0.25, 0.3) is 0 Å². The number of hydrogen-bond donors (Lipinski definition) is 2. The smallest absolute Gasteiger partial charge is 0.255 e. The number of nitrogens with one attached hydrogen (secondary N) is 1. The van der Waals surface area contributed by atoms with E-state index in [1.54, 1.807) is 6.07 Å². The molecule has 2 N–H and O–H groups in total. The highest BCUT2D eigenvalue weighted by Gasteiger charge is 2.50. The average molecular weight is 434 g/mol. The van der Waals surface area contributed by atoms with Crippen LogP contribution in [-0.2, 0) is 6.54 Å². The minimum absolute atomic E-state index is 0.160. The largest absolute Gasteiger partial charge is 0.490 e. The van der Waals surface area contributed by atoms with Crippen LogP contribution >= 0.6 is 0 Å². The van der Waals surface area contributed by atoms with Gasteiger partial charge in [0.2, 0.25) is 0 Å². The summed E-state index contributed by atoms with van der Waals surface area (Å²) in [6, 6.07) is 17.2. The van der Waals surface area contributed by atoms with Crippen molar-refractivity contribution in [1.29, 1.82) is 0 Å². The van der Waals surface area contributed by atoms with E-state index in [0.717, 1.165) is 36.2 Å². The van der Waals surface area contributed by atoms with Crippen LogP contribution in [0.5, 0.6) is 5.75 Å². The second kappa shape index (κ2) is 9.27. The molecule has 0 aromatic heterocycles. The van der Waals surface area contributed by atoms with E-state index in [4.69, 9.17) is 4.74 Å². The summed E-state index contributed by atoms with van der Waals surface area (Å²) in [6.45, 7) is 0.705. The van der Waals surface area contributed by atoms with E-state index >= 15 is 0 Å². The van der Waals surface area contributed by atoms with Gasteiger partial charge in [-0.3, -0.25) is 4.79 Å². The molecule has 0 heterocycles. The van der Waals surface area contributed by atoms with Crippen LogP contribution in [0.3, 0.4) is 0 Å². The topological polar surface area (TPSA) is 58.6 Å². The Morgan fingerprint density at radius 1 is 0.969 bits per heavy atom. The Morgan fingerprint density at radius 3 is 2.28 bits per heavy atom. The highest BCUT2D eigenvalue weighted by atomic mass is 16.5. The van der Waals surface area contributed by atoms with Gasteiger partial charge in [-0.2, -0.15) is 0 Å². The zero-order valence-electron chi connectivity index (χ0n) is 18.8. The molecule has 4 aliphatic rings. The van der Waals surface area contributed by atoms with Gasteiger partial charge in [0.15, 0.2) is 0 Å². The summed E-state index contributed by atoms with van der Waals surface area (Å²) >= 11 is 0. The molecule has 0 aliphatic heterocycles. The number of ether oxygens (including phenoxy) is 1. The maximum absolute atomic E-state index is 12.7. The molecule has 4 aliphatic carbocycles. The van der Waals surface area contributed by atoms with Crippen molar-refractivity contribution >= 4 is 5.91 Å². The minimum Gasteiger partial charge on any atom is -0.490 e. The van der Waals surface area contributed by atoms with Gasteiger partial charge in [-0.1, -0.05) is 42.5 Å². The number of aliphatic hydroxyl groups is 1. The van der Waals surface area contributed by atoms with E-state index in [1.807, 2.05) is 48.5 Å². The third-order valence-electron chi connectivity index (χ3n) is 8.03. The number of benzene rings is 2. The number of para-hydroxylation sites is 1. The number of carbonyl (C=O) groups is 1. The Bertz CT molecular complexity index is 890. The van der Waals surface area contributed by atoms with Crippen molar-refractivity contribution in [3.8, 4) is 5.75 Å². The Kier molecular flexibility index (Phi) is 6.23. The van der Waals surface area contributed by atoms with Gasteiger partial charge in [0, 0.05) is 6.54 Å². The maximum Gasteiger partial charge on any atom is 0.255 e. The predicted octanol–water partition coefficient (Wildman–Crippen LogP) is 5.35. The van der Waals surface area contributed by atoms with Crippen molar-refractivity contribution in [3.05, 3.63) is 65.7 Å². The SMILES string of the molecule is O=C(NCc1ccccc1)c1ccccc1OCC(O)CCC12CC3CC(CC(C3)C1)C2. The Hall–Kier alpha value is -2.33. The van der Waals surface area contributed by atoms with Gasteiger partial charge in [0.25, 0.3) is 5.91 Å². The Labute approximate surface area is 191 Å². The van der Waals surface area contributed by atoms with Gasteiger partial charge in [0.1, 0.15) is 12.4 Å². The highest BCUT2D eigenvalue weighted by molar-refractivity contribution is 5.96. The predicted molar refractivity (Wildman–Crippen MR) is 125 cm³/mol. The Morgan fingerprint density at radius 2 is 1.59 bits per heavy atom. The molecule has 2 aromatic carbocycles.